The van der Waals surface area contributed by atoms with Crippen LogP contribution < -0.4 is 10.6 Å². The summed E-state index contributed by atoms with van der Waals surface area (Å²) < 4.78 is 0.923. The maximum absolute atomic E-state index is 5.89. The van der Waals surface area contributed by atoms with Gasteiger partial charge in [-0.15, -0.1) is 0 Å². The predicted molar refractivity (Wildman–Crippen MR) is 62.3 cm³/mol. The fraction of sp³-hybridized carbons (Fsp3) is 0.300. The van der Waals surface area contributed by atoms with E-state index in [1.807, 2.05) is 6.07 Å². The number of nitrogen functional groups attached to an aromatic ring is 1. The minimum absolute atomic E-state index is 0.731. The predicted octanol–water partition coefficient (Wildman–Crippen LogP) is 2.19. The number of hydrogen-bond donors (Lipinski definition) is 1. The lowest BCUT2D eigenvalue weighted by Crippen LogP contribution is -2.28. The minimum atomic E-state index is 0.731. The summed E-state index contributed by atoms with van der Waals surface area (Å²) in [7, 11) is 0. The number of aromatic nitrogens is 1. The number of pyridine rings is 1. The van der Waals surface area contributed by atoms with Crippen molar-refractivity contribution in [2.45, 2.75) is 6.42 Å². The molecule has 1 aromatic heterocycles. The van der Waals surface area contributed by atoms with E-state index in [4.69, 9.17) is 5.73 Å². The number of nitrogens with two attached hydrogens (primary N) is 1. The van der Waals surface area contributed by atoms with Crippen LogP contribution in [0.5, 0.6) is 0 Å². The molecule has 74 valence electrons. The van der Waals surface area contributed by atoms with Crippen LogP contribution in [0.4, 0.5) is 11.5 Å². The van der Waals surface area contributed by atoms with Crippen molar-refractivity contribution >= 4 is 27.4 Å². The lowest BCUT2D eigenvalue weighted by molar-refractivity contribution is 0.807. The molecular formula is C10H12BrN3. The molecule has 0 fully saturated rings. The number of hydrogen-bond acceptors (Lipinski definition) is 3. The SMILES string of the molecule is Nc1cc(Br)cnc1N1CC=CCC1. The Balaban J connectivity index is 2.27. The van der Waals surface area contributed by atoms with Crippen LogP contribution in [0, 0.1) is 0 Å². The van der Waals surface area contributed by atoms with E-state index in [1.165, 1.54) is 0 Å². The van der Waals surface area contributed by atoms with Gasteiger partial charge in [-0.25, -0.2) is 4.98 Å². The fourth-order valence-corrected chi connectivity index (χ4v) is 1.89. The summed E-state index contributed by atoms with van der Waals surface area (Å²) in [5.74, 6) is 0.887. The lowest BCUT2D eigenvalue weighted by Gasteiger charge is -2.25. The van der Waals surface area contributed by atoms with Crippen molar-refractivity contribution in [3.05, 3.63) is 28.9 Å². The minimum Gasteiger partial charge on any atom is -0.396 e. The first-order valence-corrected chi connectivity index (χ1v) is 5.37. The van der Waals surface area contributed by atoms with Gasteiger partial charge in [0.15, 0.2) is 5.82 Å². The first-order chi connectivity index (χ1) is 6.77. The van der Waals surface area contributed by atoms with Crippen molar-refractivity contribution in [1.29, 1.82) is 0 Å². The van der Waals surface area contributed by atoms with Crippen molar-refractivity contribution < 1.29 is 0 Å². The molecule has 0 amide bonds. The highest BCUT2D eigenvalue weighted by atomic mass is 79.9. The monoisotopic (exact) mass is 253 g/mol. The first kappa shape index (κ1) is 9.52. The molecule has 0 aliphatic carbocycles. The van der Waals surface area contributed by atoms with Gasteiger partial charge in [0.1, 0.15) is 0 Å². The normalized spacial score (nSPS) is 15.9. The topological polar surface area (TPSA) is 42.1 Å². The van der Waals surface area contributed by atoms with Gasteiger partial charge in [-0.2, -0.15) is 0 Å². The Labute approximate surface area is 91.7 Å². The maximum Gasteiger partial charge on any atom is 0.152 e. The third-order valence-corrected chi connectivity index (χ3v) is 2.65. The second-order valence-electron chi connectivity index (χ2n) is 3.27. The summed E-state index contributed by atoms with van der Waals surface area (Å²) in [6.45, 7) is 1.90. The third-order valence-electron chi connectivity index (χ3n) is 2.22. The Morgan fingerprint density at radius 3 is 2.93 bits per heavy atom. The molecule has 0 saturated heterocycles. The smallest absolute Gasteiger partial charge is 0.152 e. The van der Waals surface area contributed by atoms with Crippen molar-refractivity contribution in [2.75, 3.05) is 23.7 Å². The first-order valence-electron chi connectivity index (χ1n) is 4.58. The van der Waals surface area contributed by atoms with Crippen molar-refractivity contribution in [3.8, 4) is 0 Å². The quantitative estimate of drug-likeness (QED) is 0.781. The Kier molecular flexibility index (Phi) is 2.72. The zero-order valence-electron chi connectivity index (χ0n) is 7.78. The molecule has 2 heterocycles. The van der Waals surface area contributed by atoms with E-state index in [2.05, 4.69) is 38.0 Å². The summed E-state index contributed by atoms with van der Waals surface area (Å²) in [6.07, 6.45) is 7.18. The second kappa shape index (κ2) is 4.00. The van der Waals surface area contributed by atoms with Crippen LogP contribution in [-0.4, -0.2) is 18.1 Å². The number of halogens is 1. The Bertz CT molecular complexity index is 362. The van der Waals surface area contributed by atoms with Crippen LogP contribution in [0.1, 0.15) is 6.42 Å². The van der Waals surface area contributed by atoms with E-state index in [1.54, 1.807) is 6.20 Å². The van der Waals surface area contributed by atoms with Gasteiger partial charge in [-0.05, 0) is 28.4 Å². The zero-order chi connectivity index (χ0) is 9.97. The van der Waals surface area contributed by atoms with Crippen LogP contribution >= 0.6 is 15.9 Å². The standard InChI is InChI=1S/C10H12BrN3/c11-8-6-9(12)10(13-7-8)14-4-2-1-3-5-14/h1-2,6-7H,3-5,12H2. The molecule has 2 N–H and O–H groups in total. The summed E-state index contributed by atoms with van der Waals surface area (Å²) in [6, 6.07) is 1.89. The lowest BCUT2D eigenvalue weighted by atomic mass is 10.2. The molecule has 1 aliphatic rings. The zero-order valence-corrected chi connectivity index (χ0v) is 9.37. The average Bonchev–Trinajstić information content (AvgIpc) is 2.19. The van der Waals surface area contributed by atoms with Gasteiger partial charge in [0, 0.05) is 23.8 Å². The second-order valence-corrected chi connectivity index (χ2v) is 4.19. The van der Waals surface area contributed by atoms with Crippen LogP contribution in [0.3, 0.4) is 0 Å². The van der Waals surface area contributed by atoms with E-state index in [-0.39, 0.29) is 0 Å². The number of anilines is 2. The molecule has 0 saturated carbocycles. The van der Waals surface area contributed by atoms with Gasteiger partial charge in [0.25, 0.3) is 0 Å². The molecule has 0 atom stereocenters. The molecule has 0 spiro atoms. The number of nitrogens with zero attached hydrogens (tertiary/aromatic N) is 2. The van der Waals surface area contributed by atoms with Gasteiger partial charge in [0.2, 0.25) is 0 Å². The largest absolute Gasteiger partial charge is 0.396 e. The van der Waals surface area contributed by atoms with Gasteiger partial charge in [-0.1, -0.05) is 12.2 Å². The van der Waals surface area contributed by atoms with Gasteiger partial charge in [-0.3, -0.25) is 0 Å². The van der Waals surface area contributed by atoms with Crippen LogP contribution in [0.2, 0.25) is 0 Å². The summed E-state index contributed by atoms with van der Waals surface area (Å²) in [5.41, 5.74) is 6.63. The average molecular weight is 254 g/mol. The molecule has 2 rings (SSSR count). The van der Waals surface area contributed by atoms with E-state index < -0.39 is 0 Å². The highest BCUT2D eigenvalue weighted by molar-refractivity contribution is 9.10. The van der Waals surface area contributed by atoms with Gasteiger partial charge in [0.05, 0.1) is 5.69 Å². The van der Waals surface area contributed by atoms with E-state index in [0.717, 1.165) is 35.5 Å². The Morgan fingerprint density at radius 2 is 2.29 bits per heavy atom. The summed E-state index contributed by atoms with van der Waals surface area (Å²) in [5, 5.41) is 0. The third kappa shape index (κ3) is 1.90. The molecule has 4 heteroatoms. The maximum atomic E-state index is 5.89. The molecule has 0 bridgehead atoms. The molecule has 14 heavy (non-hydrogen) atoms. The van der Waals surface area contributed by atoms with Gasteiger partial charge < -0.3 is 10.6 Å². The molecule has 0 aromatic carbocycles. The van der Waals surface area contributed by atoms with E-state index in [9.17, 15) is 0 Å². The molecule has 1 aliphatic heterocycles. The fourth-order valence-electron chi connectivity index (χ4n) is 1.55. The molecule has 3 nitrogen and oxygen atoms in total. The Morgan fingerprint density at radius 1 is 1.43 bits per heavy atom. The molecule has 1 aromatic rings. The highest BCUT2D eigenvalue weighted by Crippen LogP contribution is 2.24. The van der Waals surface area contributed by atoms with Crippen LogP contribution in [0.15, 0.2) is 28.9 Å². The molecular weight excluding hydrogens is 242 g/mol. The number of rotatable bonds is 1. The Hall–Kier alpha value is -1.03. The van der Waals surface area contributed by atoms with Crippen molar-refractivity contribution in [1.82, 2.24) is 4.98 Å². The summed E-state index contributed by atoms with van der Waals surface area (Å²) in [4.78, 5) is 6.50. The highest BCUT2D eigenvalue weighted by Gasteiger charge is 2.11. The van der Waals surface area contributed by atoms with Crippen molar-refractivity contribution in [3.63, 3.8) is 0 Å². The van der Waals surface area contributed by atoms with Gasteiger partial charge >= 0.3 is 0 Å². The van der Waals surface area contributed by atoms with E-state index >= 15 is 0 Å². The van der Waals surface area contributed by atoms with Crippen LogP contribution in [0.25, 0.3) is 0 Å². The molecule has 0 radical (unpaired) electrons. The molecule has 0 unspecified atom stereocenters. The van der Waals surface area contributed by atoms with E-state index in [0.29, 0.717) is 0 Å². The van der Waals surface area contributed by atoms with Crippen molar-refractivity contribution in [2.24, 2.45) is 0 Å². The van der Waals surface area contributed by atoms with Crippen LogP contribution in [-0.2, 0) is 0 Å². The summed E-state index contributed by atoms with van der Waals surface area (Å²) >= 11 is 3.35.